The minimum absolute atomic E-state index is 0.0493. The van der Waals surface area contributed by atoms with Gasteiger partial charge in [-0.1, -0.05) is 29.8 Å². The molecule has 2 aromatic carbocycles. The van der Waals surface area contributed by atoms with Gasteiger partial charge in [0.15, 0.2) is 5.78 Å². The van der Waals surface area contributed by atoms with Gasteiger partial charge in [0.05, 0.1) is 0 Å². The van der Waals surface area contributed by atoms with Crippen LogP contribution in [0, 0.1) is 13.8 Å². The Hall–Kier alpha value is -2.98. The number of aryl methyl sites for hydroxylation is 2. The Morgan fingerprint density at radius 1 is 0.967 bits per heavy atom. The molecule has 30 heavy (non-hydrogen) atoms. The number of aromatic nitrogens is 1. The van der Waals surface area contributed by atoms with Gasteiger partial charge in [-0.05, 0) is 66.9 Å². The Labute approximate surface area is 182 Å². The van der Waals surface area contributed by atoms with Gasteiger partial charge in [-0.15, -0.1) is 0 Å². The van der Waals surface area contributed by atoms with Crippen molar-refractivity contribution in [1.82, 2.24) is 9.88 Å². The quantitative estimate of drug-likeness (QED) is 0.497. The molecule has 0 N–H and O–H groups in total. The topological polar surface area (TPSA) is 50.3 Å². The molecule has 0 bridgehead atoms. The van der Waals surface area contributed by atoms with Crippen molar-refractivity contribution in [2.45, 2.75) is 26.2 Å². The normalized spacial score (nSPS) is 11.8. The molecule has 1 amide bonds. The van der Waals surface area contributed by atoms with Crippen LogP contribution in [0.4, 0.5) is 0 Å². The molecule has 3 aromatic rings. The maximum absolute atomic E-state index is 13.1. The van der Waals surface area contributed by atoms with E-state index in [1.807, 2.05) is 62.4 Å². The summed E-state index contributed by atoms with van der Waals surface area (Å²) in [6.45, 7) is 3.87. The van der Waals surface area contributed by atoms with Gasteiger partial charge in [0.1, 0.15) is 0 Å². The predicted molar refractivity (Wildman–Crippen MR) is 120 cm³/mol. The number of hydrogen-bond acceptors (Lipinski definition) is 3. The Morgan fingerprint density at radius 3 is 2.27 bits per heavy atom. The van der Waals surface area contributed by atoms with Crippen molar-refractivity contribution < 1.29 is 9.59 Å². The SMILES string of the molecule is Cc1cc(C(=O)CC(c2ccc(C(=O)N(C)C)cc2)c2ccc(Cl)cc2C)ccn1. The summed E-state index contributed by atoms with van der Waals surface area (Å²) in [4.78, 5) is 31.0. The first-order valence-electron chi connectivity index (χ1n) is 9.79. The van der Waals surface area contributed by atoms with Crippen LogP contribution in [-0.2, 0) is 0 Å². The van der Waals surface area contributed by atoms with Gasteiger partial charge in [-0.2, -0.15) is 0 Å². The number of amides is 1. The van der Waals surface area contributed by atoms with E-state index in [0.717, 1.165) is 22.4 Å². The predicted octanol–water partition coefficient (Wildman–Crippen LogP) is 5.46. The molecular weight excluding hydrogens is 396 g/mol. The molecule has 0 aliphatic heterocycles. The molecule has 0 saturated heterocycles. The molecule has 0 spiro atoms. The van der Waals surface area contributed by atoms with Crippen LogP contribution in [0.15, 0.2) is 60.8 Å². The fourth-order valence-electron chi connectivity index (χ4n) is 3.58. The summed E-state index contributed by atoms with van der Waals surface area (Å²) in [5.41, 5.74) is 5.14. The molecule has 1 atom stereocenters. The standard InChI is InChI=1S/C25H25ClN2O2/c1-16-13-21(26)9-10-22(16)23(15-24(29)20-11-12-27-17(2)14-20)18-5-7-19(8-6-18)25(30)28(3)4/h5-14,23H,15H2,1-4H3. The molecule has 5 heteroatoms. The van der Waals surface area contributed by atoms with Gasteiger partial charge >= 0.3 is 0 Å². The highest BCUT2D eigenvalue weighted by Gasteiger charge is 2.22. The molecule has 1 unspecified atom stereocenters. The Bertz CT molecular complexity index is 1070. The average Bonchev–Trinajstić information content (AvgIpc) is 2.72. The molecule has 154 valence electrons. The van der Waals surface area contributed by atoms with Gasteiger partial charge in [-0.3, -0.25) is 14.6 Å². The van der Waals surface area contributed by atoms with E-state index >= 15 is 0 Å². The van der Waals surface area contributed by atoms with Crippen LogP contribution in [0.5, 0.6) is 0 Å². The summed E-state index contributed by atoms with van der Waals surface area (Å²) >= 11 is 6.16. The number of halogens is 1. The second-order valence-corrected chi connectivity index (χ2v) is 8.12. The molecule has 0 saturated carbocycles. The molecule has 0 aliphatic rings. The van der Waals surface area contributed by atoms with Crippen molar-refractivity contribution in [2.75, 3.05) is 14.1 Å². The monoisotopic (exact) mass is 420 g/mol. The van der Waals surface area contributed by atoms with Crippen molar-refractivity contribution >= 4 is 23.3 Å². The largest absolute Gasteiger partial charge is 0.345 e. The highest BCUT2D eigenvalue weighted by atomic mass is 35.5. The third-order valence-electron chi connectivity index (χ3n) is 5.18. The van der Waals surface area contributed by atoms with E-state index in [9.17, 15) is 9.59 Å². The fourth-order valence-corrected chi connectivity index (χ4v) is 3.80. The Morgan fingerprint density at radius 2 is 1.67 bits per heavy atom. The van der Waals surface area contributed by atoms with E-state index in [1.165, 1.54) is 0 Å². The van der Waals surface area contributed by atoms with Gasteiger partial charge in [0.2, 0.25) is 0 Å². The van der Waals surface area contributed by atoms with E-state index < -0.39 is 0 Å². The van der Waals surface area contributed by atoms with Gasteiger partial charge in [0, 0.05) is 54.5 Å². The molecular formula is C25H25ClN2O2. The lowest BCUT2D eigenvalue weighted by atomic mass is 9.83. The van der Waals surface area contributed by atoms with Crippen molar-refractivity contribution in [3.63, 3.8) is 0 Å². The summed E-state index contributed by atoms with van der Waals surface area (Å²) in [5, 5.41) is 0.665. The molecule has 0 radical (unpaired) electrons. The number of pyridine rings is 1. The third-order valence-corrected chi connectivity index (χ3v) is 5.42. The average molecular weight is 421 g/mol. The number of ketones is 1. The number of rotatable bonds is 6. The van der Waals surface area contributed by atoms with Crippen molar-refractivity contribution in [3.8, 4) is 0 Å². The van der Waals surface area contributed by atoms with Crippen LogP contribution >= 0.6 is 11.6 Å². The zero-order valence-corrected chi connectivity index (χ0v) is 18.4. The van der Waals surface area contributed by atoms with Crippen LogP contribution in [-0.4, -0.2) is 35.7 Å². The van der Waals surface area contributed by atoms with Crippen LogP contribution in [0.1, 0.15) is 55.4 Å². The Kier molecular flexibility index (Phi) is 6.68. The van der Waals surface area contributed by atoms with Crippen LogP contribution in [0.3, 0.4) is 0 Å². The molecule has 1 aromatic heterocycles. The van der Waals surface area contributed by atoms with Crippen molar-refractivity contribution in [3.05, 3.63) is 99.3 Å². The minimum atomic E-state index is -0.147. The third kappa shape index (κ3) is 4.95. The lowest BCUT2D eigenvalue weighted by Crippen LogP contribution is -2.21. The fraction of sp³-hybridized carbons (Fsp3) is 0.240. The van der Waals surface area contributed by atoms with E-state index in [4.69, 9.17) is 11.6 Å². The highest BCUT2D eigenvalue weighted by Crippen LogP contribution is 2.33. The lowest BCUT2D eigenvalue weighted by Gasteiger charge is -2.21. The Balaban J connectivity index is 1.99. The number of hydrogen-bond donors (Lipinski definition) is 0. The van der Waals surface area contributed by atoms with E-state index in [0.29, 0.717) is 22.6 Å². The van der Waals surface area contributed by atoms with Crippen LogP contribution in [0.25, 0.3) is 0 Å². The van der Waals surface area contributed by atoms with Gasteiger partial charge in [0.25, 0.3) is 5.91 Å². The summed E-state index contributed by atoms with van der Waals surface area (Å²) in [5.74, 6) is -0.149. The molecule has 0 fully saturated rings. The van der Waals surface area contributed by atoms with E-state index in [1.54, 1.807) is 31.3 Å². The molecule has 1 heterocycles. The van der Waals surface area contributed by atoms with Crippen LogP contribution < -0.4 is 0 Å². The highest BCUT2D eigenvalue weighted by molar-refractivity contribution is 6.30. The first-order chi connectivity index (χ1) is 14.3. The minimum Gasteiger partial charge on any atom is -0.345 e. The molecule has 3 rings (SSSR count). The first kappa shape index (κ1) is 21.7. The van der Waals surface area contributed by atoms with Gasteiger partial charge in [-0.25, -0.2) is 0 Å². The number of Topliss-reactive ketones (excluding diaryl/α,β-unsaturated/α-hetero) is 1. The summed E-state index contributed by atoms with van der Waals surface area (Å²) in [6, 6.07) is 16.8. The van der Waals surface area contributed by atoms with Crippen molar-refractivity contribution in [2.24, 2.45) is 0 Å². The second kappa shape index (κ2) is 9.23. The zero-order valence-electron chi connectivity index (χ0n) is 17.6. The molecule has 4 nitrogen and oxygen atoms in total. The maximum Gasteiger partial charge on any atom is 0.253 e. The number of nitrogens with zero attached hydrogens (tertiary/aromatic N) is 2. The maximum atomic E-state index is 13.1. The summed E-state index contributed by atoms with van der Waals surface area (Å²) in [6.07, 6.45) is 1.97. The number of carbonyl (C=O) groups excluding carboxylic acids is 2. The summed E-state index contributed by atoms with van der Waals surface area (Å²) in [7, 11) is 3.46. The second-order valence-electron chi connectivity index (χ2n) is 7.69. The van der Waals surface area contributed by atoms with Crippen LogP contribution in [0.2, 0.25) is 5.02 Å². The van der Waals surface area contributed by atoms with E-state index in [-0.39, 0.29) is 17.6 Å². The zero-order chi connectivity index (χ0) is 21.8. The molecule has 0 aliphatic carbocycles. The number of benzene rings is 2. The number of carbonyl (C=O) groups is 2. The first-order valence-corrected chi connectivity index (χ1v) is 10.2. The summed E-state index contributed by atoms with van der Waals surface area (Å²) < 4.78 is 0. The smallest absolute Gasteiger partial charge is 0.253 e. The van der Waals surface area contributed by atoms with Crippen molar-refractivity contribution in [1.29, 1.82) is 0 Å². The lowest BCUT2D eigenvalue weighted by molar-refractivity contribution is 0.0827. The van der Waals surface area contributed by atoms with E-state index in [2.05, 4.69) is 4.98 Å². The van der Waals surface area contributed by atoms with Gasteiger partial charge < -0.3 is 4.90 Å².